The van der Waals surface area contributed by atoms with Crippen LogP contribution >= 0.6 is 0 Å². The van der Waals surface area contributed by atoms with Crippen LogP contribution in [-0.4, -0.2) is 337 Å². The van der Waals surface area contributed by atoms with Crippen LogP contribution < -0.4 is 31.9 Å². The number of aromatic amines is 1. The van der Waals surface area contributed by atoms with Gasteiger partial charge in [-0.2, -0.15) is 0 Å². The number of likely N-dealkylation sites (N-methyl/N-ethyl adjacent to an activating group) is 3. The molecule has 2 aliphatic heterocycles. The smallest absolute Gasteiger partial charge is 0.308 e. The molecular weight excluding hydrogens is 1290 g/mol. The highest BCUT2D eigenvalue weighted by Gasteiger charge is 2.35. The van der Waals surface area contributed by atoms with Gasteiger partial charge in [0.1, 0.15) is 60.6 Å². The third-order valence-corrected chi connectivity index (χ3v) is 18.0. The van der Waals surface area contributed by atoms with E-state index in [0.717, 1.165) is 56.8 Å². The maximum absolute atomic E-state index is 14.6. The summed E-state index contributed by atoms with van der Waals surface area (Å²) in [7, 11) is 2.89. The fourth-order valence-corrected chi connectivity index (χ4v) is 11.5. The number of nitrogens with zero attached hydrogens (tertiary/aromatic N) is 7. The molecule has 3 aromatic rings. The van der Waals surface area contributed by atoms with Crippen LogP contribution in [0.1, 0.15) is 100 Å². The lowest BCUT2D eigenvalue weighted by molar-refractivity contribution is -0.144. The Labute approximate surface area is 577 Å². The number of unbranched alkanes of at least 4 members (excludes halogenated alkanes) is 3. The van der Waals surface area contributed by atoms with Gasteiger partial charge < -0.3 is 117 Å². The molecule has 17 N–H and O–H groups in total. The number of para-hydroxylation sites is 2. The Hall–Kier alpha value is -7.09. The lowest BCUT2D eigenvalue weighted by Gasteiger charge is -2.33. The molecular formula is C66H108N14O19. The van der Waals surface area contributed by atoms with E-state index in [2.05, 4.69) is 77.3 Å². The minimum absolute atomic E-state index is 0.0563. The minimum atomic E-state index is -2.00. The molecule has 5 rings (SSSR count). The highest BCUT2D eigenvalue weighted by atomic mass is 16.5. The van der Waals surface area contributed by atoms with Gasteiger partial charge in [0, 0.05) is 116 Å². The van der Waals surface area contributed by atoms with Gasteiger partial charge in [0.25, 0.3) is 5.91 Å². The van der Waals surface area contributed by atoms with Gasteiger partial charge in [0.05, 0.1) is 63.1 Å². The largest absolute Gasteiger partial charge is 0.469 e. The quantitative estimate of drug-likeness (QED) is 0.0188. The van der Waals surface area contributed by atoms with Gasteiger partial charge in [-0.05, 0) is 81.2 Å². The van der Waals surface area contributed by atoms with Crippen molar-refractivity contribution in [1.29, 1.82) is 0 Å². The molecule has 3 heterocycles. The maximum atomic E-state index is 14.6. The Bertz CT molecular complexity index is 2970. The Morgan fingerprint density at radius 1 is 0.636 bits per heavy atom. The predicted molar refractivity (Wildman–Crippen MR) is 363 cm³/mol. The van der Waals surface area contributed by atoms with Crippen molar-refractivity contribution in [3.8, 4) is 0 Å². The first-order chi connectivity index (χ1) is 47.3. The number of benzene rings is 2. The number of fused-ring (bicyclic) bond motifs is 2. The second kappa shape index (κ2) is 42.9. The Balaban J connectivity index is 1.29. The maximum Gasteiger partial charge on any atom is 0.308 e. The van der Waals surface area contributed by atoms with Crippen LogP contribution in [0.5, 0.6) is 0 Å². The summed E-state index contributed by atoms with van der Waals surface area (Å²) in [6.45, 7) is 11.6. The van der Waals surface area contributed by atoms with E-state index < -0.39 is 142 Å². The lowest BCUT2D eigenvalue weighted by atomic mass is 10.0. The first-order valence-corrected chi connectivity index (χ1v) is 34.2. The van der Waals surface area contributed by atoms with Gasteiger partial charge in [-0.15, -0.1) is 0 Å². The van der Waals surface area contributed by atoms with Crippen LogP contribution in [0.3, 0.4) is 0 Å². The highest BCUT2D eigenvalue weighted by Crippen LogP contribution is 2.27. The van der Waals surface area contributed by atoms with Crippen molar-refractivity contribution < 1.29 is 94.2 Å². The molecule has 7 amide bonds. The summed E-state index contributed by atoms with van der Waals surface area (Å²) in [5, 5.41) is 116. The summed E-state index contributed by atoms with van der Waals surface area (Å²) in [6, 6.07) is 8.62. The fraction of sp³-hybridized carbons (Fsp3) is 0.682. The summed E-state index contributed by atoms with van der Waals surface area (Å²) in [6.07, 6.45) is -15.2. The van der Waals surface area contributed by atoms with E-state index in [0.29, 0.717) is 74.5 Å². The number of esters is 1. The van der Waals surface area contributed by atoms with Crippen LogP contribution in [0.2, 0.25) is 0 Å². The van der Waals surface area contributed by atoms with Crippen LogP contribution in [0.4, 0.5) is 5.69 Å². The van der Waals surface area contributed by atoms with Crippen LogP contribution in [0, 0.1) is 0 Å². The van der Waals surface area contributed by atoms with Crippen molar-refractivity contribution in [3.05, 3.63) is 59.4 Å². The SMILES string of the molecule is CCN1CCN(CC)CCN(CC(=O)N[C@@H](CCC(=O)NCC(O)[C@H](O)[C@@H](O)[C@H](O)CO)C(=O)N[C@@H](CCC(=O)NCC(O)C(O)[C@H](O)[C@@H](O)CO)C(=O)NCCCCCCN2Cc3cc(C(=O)N(C)Cc4nc5ccccc5[nH]4)ccc3NC(CC(=O)OC)C2=O)CCN(CC)CC1. The van der Waals surface area contributed by atoms with Crippen LogP contribution in [0.25, 0.3) is 11.0 Å². The van der Waals surface area contributed by atoms with E-state index in [-0.39, 0.29) is 63.8 Å². The number of aromatic nitrogens is 2. The Kier molecular flexibility index (Phi) is 35.8. The molecule has 33 nitrogen and oxygen atoms in total. The van der Waals surface area contributed by atoms with Crippen molar-refractivity contribution in [3.63, 3.8) is 0 Å². The number of methoxy groups -OCH3 is 1. The molecule has 33 heteroatoms. The summed E-state index contributed by atoms with van der Waals surface area (Å²) in [4.78, 5) is 130. The molecule has 1 saturated heterocycles. The zero-order chi connectivity index (χ0) is 72.7. The third-order valence-electron chi connectivity index (χ3n) is 18.0. The number of rotatable bonds is 39. The first-order valence-electron chi connectivity index (χ1n) is 34.2. The molecule has 1 fully saturated rings. The third kappa shape index (κ3) is 27.1. The number of hydrogen-bond donors (Lipinski definition) is 17. The first kappa shape index (κ1) is 82.6. The minimum Gasteiger partial charge on any atom is -0.469 e. The molecule has 1 aromatic heterocycles. The highest BCUT2D eigenvalue weighted by molar-refractivity contribution is 5.96. The van der Waals surface area contributed by atoms with Crippen LogP contribution in [0.15, 0.2) is 42.5 Å². The van der Waals surface area contributed by atoms with Crippen molar-refractivity contribution in [2.45, 2.75) is 159 Å². The molecule has 2 aromatic carbocycles. The predicted octanol–water partition coefficient (Wildman–Crippen LogP) is -4.89. The number of imidazole rings is 1. The normalized spacial score (nSPS) is 18.6. The molecule has 0 radical (unpaired) electrons. The van der Waals surface area contributed by atoms with E-state index in [9.17, 15) is 89.4 Å². The van der Waals surface area contributed by atoms with Gasteiger partial charge >= 0.3 is 5.97 Å². The van der Waals surface area contributed by atoms with Gasteiger partial charge in [0.15, 0.2) is 0 Å². The Morgan fingerprint density at radius 2 is 1.15 bits per heavy atom. The molecule has 0 spiro atoms. The van der Waals surface area contributed by atoms with Crippen molar-refractivity contribution in [2.75, 3.05) is 137 Å². The number of H-pyrrole nitrogens is 1. The standard InChI is InChI=1S/C66H108N14O19/c1-6-76-25-27-77(7-2)29-31-79(32-30-78(8-3)28-26-76)39-57(89)73-48(20-22-56(88)69-36-51(84)60(92)62(94)53(86)41-82)64(96)74-47(19-21-55(87)68-35-50(83)59(91)61(93)52(85)40-81)63(95)67-23-13-9-10-14-24-80-37-43-33-42(17-18-44(43)70-49(66(80)98)34-58(90)99-5)65(97)75(4)38-54-71-45-15-11-12-16-46(45)72-54/h11-12,15-18,33,47-53,59-62,70,81-86,91-94H,6-10,13-14,19-32,34-41H2,1-5H3,(H,67,95)(H,68,87)(H,69,88)(H,71,72)(H,73,89)(H,74,96)/t47-,48-,49?,50?,51?,52-,53+,59?,60-,61+,62-/m0/s1. The van der Waals surface area contributed by atoms with Crippen LogP contribution in [-0.2, 0) is 51.4 Å². The average Bonchev–Trinajstić information content (AvgIpc) is 1.69. The lowest BCUT2D eigenvalue weighted by Crippen LogP contribution is -2.55. The molecule has 11 atom stereocenters. The summed E-state index contributed by atoms with van der Waals surface area (Å²) in [5.74, 6) is -4.51. The summed E-state index contributed by atoms with van der Waals surface area (Å²) >= 11 is 0. The average molecular weight is 1400 g/mol. The second-order valence-electron chi connectivity index (χ2n) is 25.2. The van der Waals surface area contributed by atoms with Crippen molar-refractivity contribution in [1.82, 2.24) is 66.0 Å². The van der Waals surface area contributed by atoms with Gasteiger partial charge in [0.2, 0.25) is 35.4 Å². The second-order valence-corrected chi connectivity index (χ2v) is 25.2. The number of hydrogen-bond acceptors (Lipinski definition) is 25. The van der Waals surface area contributed by atoms with E-state index in [4.69, 9.17) is 4.74 Å². The number of aliphatic hydroxyl groups is 10. The summed E-state index contributed by atoms with van der Waals surface area (Å²) in [5.41, 5.74) is 3.18. The number of ether oxygens (including phenoxy) is 1. The van der Waals surface area contributed by atoms with E-state index in [1.165, 1.54) is 12.0 Å². The number of carbonyl (C=O) groups is 8. The molecule has 2 aliphatic rings. The number of nitrogens with one attached hydrogen (secondary N) is 7. The van der Waals surface area contributed by atoms with Gasteiger partial charge in [-0.3, -0.25) is 43.3 Å². The van der Waals surface area contributed by atoms with E-state index >= 15 is 0 Å². The zero-order valence-electron chi connectivity index (χ0n) is 57.7. The zero-order valence-corrected chi connectivity index (χ0v) is 57.7. The fourth-order valence-electron chi connectivity index (χ4n) is 11.5. The Morgan fingerprint density at radius 3 is 1.68 bits per heavy atom. The topological polar surface area (TPSA) is 468 Å². The van der Waals surface area contributed by atoms with Crippen molar-refractivity contribution in [2.24, 2.45) is 0 Å². The monoisotopic (exact) mass is 1400 g/mol. The molecule has 4 unspecified atom stereocenters. The molecule has 0 aliphatic carbocycles. The number of anilines is 1. The summed E-state index contributed by atoms with van der Waals surface area (Å²) < 4.78 is 4.92. The molecule has 0 saturated carbocycles. The molecule has 556 valence electrons. The molecule has 99 heavy (non-hydrogen) atoms. The number of amides is 7. The number of carbonyl (C=O) groups excluding carboxylic acids is 8. The van der Waals surface area contributed by atoms with Gasteiger partial charge in [-0.1, -0.05) is 45.7 Å². The number of aliphatic hydroxyl groups excluding tert-OH is 10. The van der Waals surface area contributed by atoms with Crippen molar-refractivity contribution >= 4 is 64.0 Å². The van der Waals surface area contributed by atoms with E-state index in [1.807, 2.05) is 29.2 Å². The molecule has 0 bridgehead atoms. The van der Waals surface area contributed by atoms with Gasteiger partial charge in [-0.25, -0.2) is 4.98 Å². The van der Waals surface area contributed by atoms with E-state index in [1.54, 1.807) is 30.1 Å².